The minimum Gasteiger partial charge on any atom is -0.494 e. The molecule has 0 unspecified atom stereocenters. The van der Waals surface area contributed by atoms with Crippen LogP contribution in [0.4, 0.5) is 5.69 Å². The number of ether oxygens (including phenoxy) is 2. The van der Waals surface area contributed by atoms with Crippen molar-refractivity contribution in [2.75, 3.05) is 25.1 Å². The standard InChI is InChI=1S/C19H20N2O6S/c1-3-26-13-9-10-16(27-4-2)15(11-13)20-18(22)12-21-19(23)14-7-5-6-8-17(14)28(21,24)25/h5-11H,3-4,12H2,1-2H3,(H,20,22). The molecule has 0 saturated carbocycles. The second-order valence-corrected chi connectivity index (χ2v) is 7.72. The Morgan fingerprint density at radius 3 is 2.46 bits per heavy atom. The van der Waals surface area contributed by atoms with Gasteiger partial charge in [-0.3, -0.25) is 9.59 Å². The summed E-state index contributed by atoms with van der Waals surface area (Å²) in [5.41, 5.74) is 0.392. The van der Waals surface area contributed by atoms with Crippen LogP contribution in [-0.2, 0) is 14.8 Å². The first-order valence-corrected chi connectivity index (χ1v) is 10.2. The van der Waals surface area contributed by atoms with Crippen LogP contribution in [0, 0.1) is 0 Å². The Balaban J connectivity index is 1.81. The van der Waals surface area contributed by atoms with E-state index in [2.05, 4.69) is 5.32 Å². The van der Waals surface area contributed by atoms with Crippen LogP contribution < -0.4 is 14.8 Å². The van der Waals surface area contributed by atoms with E-state index >= 15 is 0 Å². The number of hydrogen-bond donors (Lipinski definition) is 1. The van der Waals surface area contributed by atoms with Gasteiger partial charge in [-0.05, 0) is 38.1 Å². The molecule has 0 bridgehead atoms. The van der Waals surface area contributed by atoms with Gasteiger partial charge < -0.3 is 14.8 Å². The van der Waals surface area contributed by atoms with Crippen LogP contribution in [0.1, 0.15) is 24.2 Å². The predicted octanol–water partition coefficient (Wildman–Crippen LogP) is 2.27. The normalized spacial score (nSPS) is 14.5. The van der Waals surface area contributed by atoms with Crippen molar-refractivity contribution >= 4 is 27.5 Å². The summed E-state index contributed by atoms with van der Waals surface area (Å²) in [4.78, 5) is 24.8. The molecule has 9 heteroatoms. The quantitative estimate of drug-likeness (QED) is 0.760. The number of sulfonamides is 1. The zero-order chi connectivity index (χ0) is 20.3. The maximum absolute atomic E-state index is 12.6. The van der Waals surface area contributed by atoms with E-state index in [1.54, 1.807) is 31.2 Å². The summed E-state index contributed by atoms with van der Waals surface area (Å²) in [6.07, 6.45) is 0. The number of carbonyl (C=O) groups excluding carboxylic acids is 2. The number of nitrogens with one attached hydrogen (secondary N) is 1. The van der Waals surface area contributed by atoms with E-state index in [1.807, 2.05) is 6.92 Å². The lowest BCUT2D eigenvalue weighted by Gasteiger charge is -2.17. The number of hydrogen-bond acceptors (Lipinski definition) is 6. The second kappa shape index (κ2) is 7.89. The molecular weight excluding hydrogens is 384 g/mol. The van der Waals surface area contributed by atoms with Crippen molar-refractivity contribution in [1.29, 1.82) is 0 Å². The Morgan fingerprint density at radius 2 is 1.79 bits per heavy atom. The first-order chi connectivity index (χ1) is 13.4. The second-order valence-electron chi connectivity index (χ2n) is 5.89. The molecule has 0 spiro atoms. The highest BCUT2D eigenvalue weighted by Crippen LogP contribution is 2.31. The Labute approximate surface area is 163 Å². The lowest BCUT2D eigenvalue weighted by Crippen LogP contribution is -2.37. The van der Waals surface area contributed by atoms with Crippen molar-refractivity contribution < 1.29 is 27.5 Å². The van der Waals surface area contributed by atoms with Gasteiger partial charge in [0.05, 0.1) is 24.5 Å². The third-order valence-electron chi connectivity index (χ3n) is 4.04. The van der Waals surface area contributed by atoms with Crippen LogP contribution in [0.3, 0.4) is 0 Å². The number of benzene rings is 2. The number of fused-ring (bicyclic) bond motifs is 1. The van der Waals surface area contributed by atoms with Crippen LogP contribution in [0.25, 0.3) is 0 Å². The van der Waals surface area contributed by atoms with Gasteiger partial charge >= 0.3 is 0 Å². The molecule has 3 rings (SSSR count). The minimum absolute atomic E-state index is 0.0589. The fourth-order valence-corrected chi connectivity index (χ4v) is 4.38. The van der Waals surface area contributed by atoms with Gasteiger partial charge in [0.2, 0.25) is 5.91 Å². The highest BCUT2D eigenvalue weighted by atomic mass is 32.2. The highest BCUT2D eigenvalue weighted by Gasteiger charge is 2.41. The lowest BCUT2D eigenvalue weighted by atomic mass is 10.2. The topological polar surface area (TPSA) is 102 Å². The third-order valence-corrected chi connectivity index (χ3v) is 5.82. The maximum Gasteiger partial charge on any atom is 0.269 e. The monoisotopic (exact) mass is 404 g/mol. The molecule has 0 fully saturated rings. The number of carbonyl (C=O) groups is 2. The number of amides is 2. The van der Waals surface area contributed by atoms with Crippen LogP contribution >= 0.6 is 0 Å². The van der Waals surface area contributed by atoms with Gasteiger partial charge in [-0.2, -0.15) is 0 Å². The molecule has 2 amide bonds. The maximum atomic E-state index is 12.6. The van der Waals surface area contributed by atoms with Crippen LogP contribution in [-0.4, -0.2) is 44.3 Å². The largest absolute Gasteiger partial charge is 0.494 e. The molecule has 0 aromatic heterocycles. The Hall–Kier alpha value is -3.07. The molecule has 0 atom stereocenters. The Morgan fingerprint density at radius 1 is 1.07 bits per heavy atom. The van der Waals surface area contributed by atoms with Gasteiger partial charge in [0.15, 0.2) is 0 Å². The summed E-state index contributed by atoms with van der Waals surface area (Å²) in [6.45, 7) is 3.82. The minimum atomic E-state index is -4.05. The van der Waals surface area contributed by atoms with Crippen LogP contribution in [0.2, 0.25) is 0 Å². The molecule has 1 N–H and O–H groups in total. The molecule has 148 valence electrons. The van der Waals surface area contributed by atoms with Crippen molar-refractivity contribution in [2.24, 2.45) is 0 Å². The van der Waals surface area contributed by atoms with Gasteiger partial charge in [-0.25, -0.2) is 12.7 Å². The number of rotatable bonds is 7. The molecular formula is C19H20N2O6S. The van der Waals surface area contributed by atoms with Gasteiger partial charge in [0.25, 0.3) is 15.9 Å². The zero-order valence-corrected chi connectivity index (χ0v) is 16.3. The van der Waals surface area contributed by atoms with Crippen molar-refractivity contribution in [3.05, 3.63) is 48.0 Å². The number of anilines is 1. The van der Waals surface area contributed by atoms with E-state index < -0.39 is 28.4 Å². The third kappa shape index (κ3) is 3.65. The van der Waals surface area contributed by atoms with E-state index in [9.17, 15) is 18.0 Å². The molecule has 8 nitrogen and oxygen atoms in total. The van der Waals surface area contributed by atoms with Crippen molar-refractivity contribution in [1.82, 2.24) is 4.31 Å². The van der Waals surface area contributed by atoms with Gasteiger partial charge in [0.1, 0.15) is 22.9 Å². The Bertz CT molecular complexity index is 1020. The molecule has 1 aliphatic heterocycles. The summed E-state index contributed by atoms with van der Waals surface area (Å²) >= 11 is 0. The van der Waals surface area contributed by atoms with E-state index in [-0.39, 0.29) is 10.5 Å². The molecule has 28 heavy (non-hydrogen) atoms. The zero-order valence-electron chi connectivity index (χ0n) is 15.5. The molecule has 0 radical (unpaired) electrons. The average Bonchev–Trinajstić information content (AvgIpc) is 2.85. The molecule has 2 aromatic rings. The van der Waals surface area contributed by atoms with Crippen LogP contribution in [0.15, 0.2) is 47.4 Å². The summed E-state index contributed by atoms with van der Waals surface area (Å²) in [7, 11) is -4.05. The van der Waals surface area contributed by atoms with Crippen molar-refractivity contribution in [2.45, 2.75) is 18.7 Å². The van der Waals surface area contributed by atoms with E-state index in [0.717, 1.165) is 0 Å². The molecule has 1 aliphatic rings. The number of nitrogens with zero attached hydrogens (tertiary/aromatic N) is 1. The van der Waals surface area contributed by atoms with E-state index in [0.29, 0.717) is 34.7 Å². The van der Waals surface area contributed by atoms with Gasteiger partial charge in [-0.1, -0.05) is 12.1 Å². The predicted molar refractivity (Wildman–Crippen MR) is 102 cm³/mol. The highest BCUT2D eigenvalue weighted by molar-refractivity contribution is 7.90. The fraction of sp³-hybridized carbons (Fsp3) is 0.263. The van der Waals surface area contributed by atoms with Gasteiger partial charge in [0, 0.05) is 6.07 Å². The van der Waals surface area contributed by atoms with Gasteiger partial charge in [-0.15, -0.1) is 0 Å². The van der Waals surface area contributed by atoms with E-state index in [4.69, 9.17) is 9.47 Å². The first-order valence-electron chi connectivity index (χ1n) is 8.74. The lowest BCUT2D eigenvalue weighted by molar-refractivity contribution is -0.116. The summed E-state index contributed by atoms with van der Waals surface area (Å²) < 4.78 is 36.6. The van der Waals surface area contributed by atoms with E-state index in [1.165, 1.54) is 18.2 Å². The average molecular weight is 404 g/mol. The Kier molecular flexibility index (Phi) is 5.55. The molecule has 2 aromatic carbocycles. The molecule has 0 aliphatic carbocycles. The fourth-order valence-electron chi connectivity index (χ4n) is 2.85. The van der Waals surface area contributed by atoms with Crippen LogP contribution in [0.5, 0.6) is 11.5 Å². The SMILES string of the molecule is CCOc1ccc(OCC)c(NC(=O)CN2C(=O)c3ccccc3S2(=O)=O)c1. The molecule has 1 heterocycles. The molecule has 0 saturated heterocycles. The summed E-state index contributed by atoms with van der Waals surface area (Å²) in [6, 6.07) is 10.8. The van der Waals surface area contributed by atoms with Crippen molar-refractivity contribution in [3.8, 4) is 11.5 Å². The van der Waals surface area contributed by atoms with Crippen molar-refractivity contribution in [3.63, 3.8) is 0 Å². The summed E-state index contributed by atoms with van der Waals surface area (Å²) in [5, 5.41) is 2.60. The first kappa shape index (κ1) is 19.7. The smallest absolute Gasteiger partial charge is 0.269 e. The summed E-state index contributed by atoms with van der Waals surface area (Å²) in [5.74, 6) is -0.449.